The Morgan fingerprint density at radius 2 is 2.00 bits per heavy atom. The van der Waals surface area contributed by atoms with Gasteiger partial charge in [0.05, 0.1) is 11.6 Å². The lowest BCUT2D eigenvalue weighted by atomic mass is 10.1. The van der Waals surface area contributed by atoms with Gasteiger partial charge in [-0.3, -0.25) is 4.79 Å². The third-order valence-corrected chi connectivity index (χ3v) is 3.10. The molecule has 2 aromatic carbocycles. The highest BCUT2D eigenvalue weighted by molar-refractivity contribution is 6.07. The molecule has 0 unspecified atom stereocenters. The molecule has 1 aliphatic heterocycles. The van der Waals surface area contributed by atoms with E-state index in [-0.39, 0.29) is 12.6 Å². The van der Waals surface area contributed by atoms with Crippen molar-refractivity contribution in [3.8, 4) is 17.6 Å². The van der Waals surface area contributed by atoms with Crippen LogP contribution in [-0.4, -0.2) is 12.6 Å². The Bertz CT molecular complexity index is 772. The van der Waals surface area contributed by atoms with Gasteiger partial charge in [-0.1, -0.05) is 18.2 Å². The van der Waals surface area contributed by atoms with Crippen molar-refractivity contribution < 1.29 is 14.3 Å². The van der Waals surface area contributed by atoms with Gasteiger partial charge in [0.25, 0.3) is 0 Å². The van der Waals surface area contributed by atoms with Crippen LogP contribution in [0.3, 0.4) is 0 Å². The van der Waals surface area contributed by atoms with Crippen molar-refractivity contribution in [1.29, 1.82) is 5.26 Å². The maximum absolute atomic E-state index is 12.1. The summed E-state index contributed by atoms with van der Waals surface area (Å²) in [4.78, 5) is 12.1. The van der Waals surface area contributed by atoms with Gasteiger partial charge in [-0.25, -0.2) is 0 Å². The lowest BCUT2D eigenvalue weighted by Crippen LogP contribution is -1.94. The van der Waals surface area contributed by atoms with Crippen LogP contribution in [0.25, 0.3) is 6.08 Å². The van der Waals surface area contributed by atoms with E-state index >= 15 is 0 Å². The molecule has 0 aromatic heterocycles. The predicted molar refractivity (Wildman–Crippen MR) is 77.1 cm³/mol. The minimum Gasteiger partial charge on any atom is -0.454 e. The number of ketones is 1. The maximum Gasteiger partial charge on any atom is 0.231 e. The topological polar surface area (TPSA) is 59.3 Å². The van der Waals surface area contributed by atoms with Gasteiger partial charge in [-0.2, -0.15) is 5.26 Å². The number of carbonyl (C=O) groups is 1. The number of fused-ring (bicyclic) bond motifs is 1. The number of nitrogens with zero attached hydrogens (tertiary/aromatic N) is 1. The number of rotatable bonds is 3. The predicted octanol–water partition coefficient (Wildman–Crippen LogP) is 3.18. The molecule has 3 rings (SSSR count). The van der Waals surface area contributed by atoms with Gasteiger partial charge in [0.15, 0.2) is 17.3 Å². The van der Waals surface area contributed by atoms with E-state index in [1.54, 1.807) is 42.5 Å². The lowest BCUT2D eigenvalue weighted by molar-refractivity contribution is 0.104. The molecule has 2 aromatic rings. The van der Waals surface area contributed by atoms with Crippen LogP contribution in [0.15, 0.2) is 48.5 Å². The highest BCUT2D eigenvalue weighted by Crippen LogP contribution is 2.32. The Kier molecular flexibility index (Phi) is 3.40. The van der Waals surface area contributed by atoms with Crippen molar-refractivity contribution >= 4 is 11.9 Å². The Labute approximate surface area is 121 Å². The molecule has 0 fully saturated rings. The van der Waals surface area contributed by atoms with Crippen LogP contribution in [0.4, 0.5) is 0 Å². The summed E-state index contributed by atoms with van der Waals surface area (Å²) in [5, 5.41) is 8.84. The number of allylic oxidation sites excluding steroid dienone is 1. The summed E-state index contributed by atoms with van der Waals surface area (Å²) >= 11 is 0. The first-order chi connectivity index (χ1) is 10.3. The van der Waals surface area contributed by atoms with Crippen LogP contribution in [0.2, 0.25) is 0 Å². The quantitative estimate of drug-likeness (QED) is 0.638. The molecule has 0 N–H and O–H groups in total. The van der Waals surface area contributed by atoms with E-state index in [1.165, 1.54) is 6.08 Å². The smallest absolute Gasteiger partial charge is 0.231 e. The molecule has 0 saturated heterocycles. The number of hydrogen-bond donors (Lipinski definition) is 0. The molecule has 102 valence electrons. The van der Waals surface area contributed by atoms with E-state index in [1.807, 2.05) is 6.07 Å². The average molecular weight is 277 g/mol. The Hall–Kier alpha value is -3.06. The number of hydrogen-bond acceptors (Lipinski definition) is 4. The second-order valence-electron chi connectivity index (χ2n) is 4.50. The molecule has 1 aliphatic rings. The van der Waals surface area contributed by atoms with Gasteiger partial charge in [0, 0.05) is 5.56 Å². The van der Waals surface area contributed by atoms with Crippen molar-refractivity contribution in [2.24, 2.45) is 0 Å². The van der Waals surface area contributed by atoms with Crippen LogP contribution < -0.4 is 9.47 Å². The summed E-state index contributed by atoms with van der Waals surface area (Å²) in [5.41, 5.74) is 1.91. The minimum absolute atomic E-state index is 0.129. The highest BCUT2D eigenvalue weighted by Gasteiger charge is 2.14. The number of carbonyl (C=O) groups excluding carboxylic acids is 1. The molecule has 0 amide bonds. The zero-order valence-electron chi connectivity index (χ0n) is 11.1. The summed E-state index contributed by atoms with van der Waals surface area (Å²) < 4.78 is 10.5. The van der Waals surface area contributed by atoms with E-state index in [2.05, 4.69) is 6.07 Å². The van der Waals surface area contributed by atoms with Crippen LogP contribution in [0, 0.1) is 11.3 Å². The van der Waals surface area contributed by atoms with Gasteiger partial charge in [-0.05, 0) is 42.0 Å². The van der Waals surface area contributed by atoms with Crippen molar-refractivity contribution in [3.63, 3.8) is 0 Å². The first-order valence-corrected chi connectivity index (χ1v) is 6.38. The van der Waals surface area contributed by atoms with Crippen molar-refractivity contribution in [1.82, 2.24) is 0 Å². The van der Waals surface area contributed by atoms with Crippen LogP contribution in [0.5, 0.6) is 11.5 Å². The average Bonchev–Trinajstić information content (AvgIpc) is 3.00. The molecule has 4 nitrogen and oxygen atoms in total. The molecule has 0 atom stereocenters. The molecular weight excluding hydrogens is 266 g/mol. The zero-order valence-corrected chi connectivity index (χ0v) is 11.1. The standard InChI is InChI=1S/C17H11NO3/c18-10-13-3-1-2-12(8-13)4-6-15(19)14-5-7-16-17(9-14)21-11-20-16/h1-9H,11H2/b6-4+. The monoisotopic (exact) mass is 277 g/mol. The fraction of sp³-hybridized carbons (Fsp3) is 0.0588. The third-order valence-electron chi connectivity index (χ3n) is 3.10. The molecule has 4 heteroatoms. The molecule has 0 radical (unpaired) electrons. The second-order valence-corrected chi connectivity index (χ2v) is 4.50. The summed E-state index contributed by atoms with van der Waals surface area (Å²) in [6, 6.07) is 14.2. The number of nitriles is 1. The second kappa shape index (κ2) is 5.51. The summed E-state index contributed by atoms with van der Waals surface area (Å²) in [6.07, 6.45) is 3.17. The van der Waals surface area contributed by atoms with Gasteiger partial charge < -0.3 is 9.47 Å². The molecule has 1 heterocycles. The SMILES string of the molecule is N#Cc1cccc(/C=C/C(=O)c2ccc3c(c2)OCO3)c1. The molecule has 0 spiro atoms. The lowest BCUT2D eigenvalue weighted by Gasteiger charge is -1.99. The summed E-state index contributed by atoms with van der Waals surface area (Å²) in [6.45, 7) is 0.184. The van der Waals surface area contributed by atoms with Gasteiger partial charge >= 0.3 is 0 Å². The van der Waals surface area contributed by atoms with Gasteiger partial charge in [-0.15, -0.1) is 0 Å². The van der Waals surface area contributed by atoms with E-state index < -0.39 is 0 Å². The molecule has 0 bridgehead atoms. The van der Waals surface area contributed by atoms with E-state index in [0.29, 0.717) is 22.6 Å². The van der Waals surface area contributed by atoms with E-state index in [0.717, 1.165) is 5.56 Å². The number of benzene rings is 2. The zero-order chi connectivity index (χ0) is 14.7. The molecule has 0 saturated carbocycles. The molecule has 0 aliphatic carbocycles. The molecular formula is C17H11NO3. The van der Waals surface area contributed by atoms with E-state index in [4.69, 9.17) is 14.7 Å². The largest absolute Gasteiger partial charge is 0.454 e. The van der Waals surface area contributed by atoms with Crippen molar-refractivity contribution in [3.05, 3.63) is 65.2 Å². The summed E-state index contributed by atoms with van der Waals surface area (Å²) in [5.74, 6) is 1.11. The van der Waals surface area contributed by atoms with E-state index in [9.17, 15) is 4.79 Å². The first kappa shape index (κ1) is 12.9. The Balaban J connectivity index is 1.79. The highest BCUT2D eigenvalue weighted by atomic mass is 16.7. The van der Waals surface area contributed by atoms with Crippen molar-refractivity contribution in [2.75, 3.05) is 6.79 Å². The van der Waals surface area contributed by atoms with Gasteiger partial charge in [0.2, 0.25) is 6.79 Å². The van der Waals surface area contributed by atoms with Crippen LogP contribution >= 0.6 is 0 Å². The minimum atomic E-state index is -0.129. The Morgan fingerprint density at radius 3 is 2.86 bits per heavy atom. The fourth-order valence-corrected chi connectivity index (χ4v) is 2.03. The third kappa shape index (κ3) is 2.77. The maximum atomic E-state index is 12.1. The van der Waals surface area contributed by atoms with Crippen molar-refractivity contribution in [2.45, 2.75) is 0 Å². The molecule has 21 heavy (non-hydrogen) atoms. The normalized spacial score (nSPS) is 12.3. The fourth-order valence-electron chi connectivity index (χ4n) is 2.03. The van der Waals surface area contributed by atoms with Gasteiger partial charge in [0.1, 0.15) is 0 Å². The first-order valence-electron chi connectivity index (χ1n) is 6.38. The van der Waals surface area contributed by atoms with Crippen LogP contribution in [-0.2, 0) is 0 Å². The Morgan fingerprint density at radius 1 is 1.14 bits per heavy atom. The summed E-state index contributed by atoms with van der Waals surface area (Å²) in [7, 11) is 0. The van der Waals surface area contributed by atoms with Crippen LogP contribution in [0.1, 0.15) is 21.5 Å². The number of ether oxygens (including phenoxy) is 2.